The maximum Gasteiger partial charge on any atom is 0.336 e. The van der Waals surface area contributed by atoms with Gasteiger partial charge in [0.05, 0.1) is 16.1 Å². The Kier molecular flexibility index (Phi) is 3.08. The fourth-order valence-corrected chi connectivity index (χ4v) is 2.49. The molecule has 1 aromatic carbocycles. The lowest BCUT2D eigenvalue weighted by Gasteiger charge is -2.03. The summed E-state index contributed by atoms with van der Waals surface area (Å²) in [5.41, 5.74) is 4.16. The van der Waals surface area contributed by atoms with Crippen LogP contribution in [0.4, 0.5) is 5.13 Å². The zero-order chi connectivity index (χ0) is 12.4. The lowest BCUT2D eigenvalue weighted by Crippen LogP contribution is -2.05. The Morgan fingerprint density at radius 2 is 2.18 bits per heavy atom. The number of aryl methyl sites for hydroxylation is 1. The van der Waals surface area contributed by atoms with Gasteiger partial charge in [0.2, 0.25) is 0 Å². The molecule has 0 spiro atoms. The molecule has 0 aliphatic carbocycles. The van der Waals surface area contributed by atoms with E-state index in [1.54, 1.807) is 24.3 Å². The highest BCUT2D eigenvalue weighted by atomic mass is 32.1. The van der Waals surface area contributed by atoms with E-state index in [2.05, 4.69) is 10.4 Å². The van der Waals surface area contributed by atoms with Crippen LogP contribution in [0.1, 0.15) is 16.1 Å². The van der Waals surface area contributed by atoms with Crippen LogP contribution in [0.15, 0.2) is 24.3 Å². The largest absolute Gasteiger partial charge is 0.478 e. The number of carbonyl (C=O) groups is 1. The van der Waals surface area contributed by atoms with Crippen molar-refractivity contribution in [1.29, 1.82) is 0 Å². The van der Waals surface area contributed by atoms with Crippen molar-refractivity contribution < 1.29 is 9.90 Å². The molecule has 4 N–H and O–H groups in total. The molecular weight excluding hydrogens is 238 g/mol. The van der Waals surface area contributed by atoms with Gasteiger partial charge in [-0.3, -0.25) is 5.43 Å². The van der Waals surface area contributed by atoms with Crippen LogP contribution in [0.5, 0.6) is 0 Å². The monoisotopic (exact) mass is 249 g/mol. The topological polar surface area (TPSA) is 88.2 Å². The zero-order valence-corrected chi connectivity index (χ0v) is 9.91. The van der Waals surface area contributed by atoms with Crippen LogP contribution in [0.2, 0.25) is 0 Å². The van der Waals surface area contributed by atoms with E-state index in [1.807, 2.05) is 6.92 Å². The lowest BCUT2D eigenvalue weighted by atomic mass is 10.1. The molecule has 0 aliphatic rings. The summed E-state index contributed by atoms with van der Waals surface area (Å²) in [5, 5.41) is 9.69. The SMILES string of the molecule is Cc1nc(NN)sc1-c1ccccc1C(=O)O. The van der Waals surface area contributed by atoms with Crippen molar-refractivity contribution in [2.75, 3.05) is 5.43 Å². The number of hydrogen-bond donors (Lipinski definition) is 3. The number of carboxylic acids is 1. The minimum atomic E-state index is -0.948. The first-order chi connectivity index (χ1) is 8.13. The van der Waals surface area contributed by atoms with Gasteiger partial charge in [-0.2, -0.15) is 0 Å². The van der Waals surface area contributed by atoms with Crippen molar-refractivity contribution in [2.45, 2.75) is 6.92 Å². The quantitative estimate of drug-likeness (QED) is 0.572. The number of nitrogens with one attached hydrogen (secondary N) is 1. The molecule has 1 aromatic heterocycles. The van der Waals surface area contributed by atoms with Gasteiger partial charge >= 0.3 is 5.97 Å². The normalized spacial score (nSPS) is 10.2. The first kappa shape index (κ1) is 11.6. The van der Waals surface area contributed by atoms with Gasteiger partial charge in [0.15, 0.2) is 5.13 Å². The van der Waals surface area contributed by atoms with Crippen LogP contribution < -0.4 is 11.3 Å². The van der Waals surface area contributed by atoms with Gasteiger partial charge in [-0.15, -0.1) is 0 Å². The fourth-order valence-electron chi connectivity index (χ4n) is 1.58. The Morgan fingerprint density at radius 3 is 2.76 bits per heavy atom. The molecule has 0 atom stereocenters. The Balaban J connectivity index is 2.59. The molecule has 17 heavy (non-hydrogen) atoms. The molecule has 0 unspecified atom stereocenters. The summed E-state index contributed by atoms with van der Waals surface area (Å²) in [6.45, 7) is 1.82. The van der Waals surface area contributed by atoms with Crippen LogP contribution in [-0.2, 0) is 0 Å². The average Bonchev–Trinajstić information content (AvgIpc) is 2.70. The highest BCUT2D eigenvalue weighted by Crippen LogP contribution is 2.34. The average molecular weight is 249 g/mol. The van der Waals surface area contributed by atoms with Crippen LogP contribution in [-0.4, -0.2) is 16.1 Å². The van der Waals surface area contributed by atoms with Crippen LogP contribution in [0.25, 0.3) is 10.4 Å². The molecule has 0 saturated carbocycles. The van der Waals surface area contributed by atoms with Crippen LogP contribution >= 0.6 is 11.3 Å². The van der Waals surface area contributed by atoms with Gasteiger partial charge in [0, 0.05) is 5.56 Å². The second kappa shape index (κ2) is 4.52. The van der Waals surface area contributed by atoms with Crippen molar-refractivity contribution in [1.82, 2.24) is 4.98 Å². The maximum atomic E-state index is 11.1. The second-order valence-corrected chi connectivity index (χ2v) is 4.43. The number of aromatic carboxylic acids is 1. The molecule has 0 radical (unpaired) electrons. The van der Waals surface area contributed by atoms with E-state index >= 15 is 0 Å². The van der Waals surface area contributed by atoms with Crippen molar-refractivity contribution in [2.24, 2.45) is 5.84 Å². The van der Waals surface area contributed by atoms with Crippen molar-refractivity contribution in [3.8, 4) is 10.4 Å². The number of anilines is 1. The number of nitrogen functional groups attached to an aromatic ring is 1. The van der Waals surface area contributed by atoms with Crippen molar-refractivity contribution >= 4 is 22.4 Å². The molecular formula is C11H11N3O2S. The minimum absolute atomic E-state index is 0.267. The van der Waals surface area contributed by atoms with E-state index in [4.69, 9.17) is 10.9 Å². The Hall–Kier alpha value is -1.92. The summed E-state index contributed by atoms with van der Waals surface area (Å²) in [5.74, 6) is 4.34. The number of nitrogens with zero attached hydrogens (tertiary/aromatic N) is 1. The van der Waals surface area contributed by atoms with E-state index in [1.165, 1.54) is 11.3 Å². The van der Waals surface area contributed by atoms with Crippen molar-refractivity contribution in [3.63, 3.8) is 0 Å². The third-order valence-electron chi connectivity index (χ3n) is 2.32. The number of rotatable bonds is 3. The summed E-state index contributed by atoms with van der Waals surface area (Å²) in [6, 6.07) is 6.85. The number of thiazole rings is 1. The molecule has 0 saturated heterocycles. The second-order valence-electron chi connectivity index (χ2n) is 3.43. The molecule has 0 fully saturated rings. The van der Waals surface area contributed by atoms with Gasteiger partial charge in [-0.1, -0.05) is 29.5 Å². The standard InChI is InChI=1S/C11H11N3O2S/c1-6-9(17-11(13-6)14-12)7-4-2-3-5-8(7)10(15)16/h2-5H,12H2,1H3,(H,13,14)(H,15,16). The lowest BCUT2D eigenvalue weighted by molar-refractivity contribution is 0.0698. The molecule has 0 bridgehead atoms. The fraction of sp³-hybridized carbons (Fsp3) is 0.0909. The Labute approximate surface area is 102 Å². The maximum absolute atomic E-state index is 11.1. The number of aromatic nitrogens is 1. The molecule has 1 heterocycles. The van der Waals surface area contributed by atoms with Crippen LogP contribution in [0.3, 0.4) is 0 Å². The molecule has 5 nitrogen and oxygen atoms in total. The van der Waals surface area contributed by atoms with E-state index in [0.29, 0.717) is 10.7 Å². The number of hydrogen-bond acceptors (Lipinski definition) is 5. The first-order valence-electron chi connectivity index (χ1n) is 4.90. The predicted octanol–water partition coefficient (Wildman–Crippen LogP) is 2.10. The van der Waals surface area contributed by atoms with E-state index < -0.39 is 5.97 Å². The number of nitrogens with two attached hydrogens (primary N) is 1. The summed E-state index contributed by atoms with van der Waals surface area (Å²) < 4.78 is 0. The number of carboxylic acid groups (broad SMARTS) is 1. The van der Waals surface area contributed by atoms with Gasteiger partial charge in [-0.25, -0.2) is 15.6 Å². The molecule has 6 heteroatoms. The van der Waals surface area contributed by atoms with E-state index in [-0.39, 0.29) is 5.56 Å². The summed E-state index contributed by atoms with van der Waals surface area (Å²) >= 11 is 1.33. The van der Waals surface area contributed by atoms with Gasteiger partial charge in [-0.05, 0) is 13.0 Å². The molecule has 0 amide bonds. The third kappa shape index (κ3) is 2.13. The summed E-state index contributed by atoms with van der Waals surface area (Å²) in [4.78, 5) is 16.1. The highest BCUT2D eigenvalue weighted by Gasteiger charge is 2.15. The minimum Gasteiger partial charge on any atom is -0.478 e. The van der Waals surface area contributed by atoms with E-state index in [0.717, 1.165) is 10.6 Å². The van der Waals surface area contributed by atoms with Crippen LogP contribution in [0, 0.1) is 6.92 Å². The van der Waals surface area contributed by atoms with Crippen molar-refractivity contribution in [3.05, 3.63) is 35.5 Å². The summed E-state index contributed by atoms with van der Waals surface area (Å²) in [7, 11) is 0. The first-order valence-corrected chi connectivity index (χ1v) is 5.72. The highest BCUT2D eigenvalue weighted by molar-refractivity contribution is 7.19. The number of benzene rings is 1. The Bertz CT molecular complexity index is 566. The molecule has 2 rings (SSSR count). The zero-order valence-electron chi connectivity index (χ0n) is 9.10. The number of hydrazine groups is 1. The van der Waals surface area contributed by atoms with E-state index in [9.17, 15) is 4.79 Å². The molecule has 0 aliphatic heterocycles. The van der Waals surface area contributed by atoms with Gasteiger partial charge < -0.3 is 5.11 Å². The molecule has 2 aromatic rings. The summed E-state index contributed by atoms with van der Waals surface area (Å²) in [6.07, 6.45) is 0. The van der Waals surface area contributed by atoms with Gasteiger partial charge in [0.25, 0.3) is 0 Å². The smallest absolute Gasteiger partial charge is 0.336 e. The Morgan fingerprint density at radius 1 is 1.47 bits per heavy atom. The molecule has 88 valence electrons. The third-order valence-corrected chi connectivity index (χ3v) is 3.44. The predicted molar refractivity (Wildman–Crippen MR) is 67.1 cm³/mol. The van der Waals surface area contributed by atoms with Gasteiger partial charge in [0.1, 0.15) is 0 Å².